The van der Waals surface area contributed by atoms with E-state index < -0.39 is 37.4 Å². The first kappa shape index (κ1) is 9.79. The van der Waals surface area contributed by atoms with Crippen molar-refractivity contribution in [1.29, 1.82) is 0 Å². The number of aliphatic hydroxyl groups excluding tert-OH is 3. The van der Waals surface area contributed by atoms with E-state index in [1.807, 2.05) is 0 Å². The molecule has 1 unspecified atom stereocenters. The molecule has 6 heteroatoms. The maximum Gasteiger partial charge on any atom is 0.184 e. The molecule has 5 atom stereocenters. The van der Waals surface area contributed by atoms with Crippen LogP contribution in [-0.4, -0.2) is 52.8 Å². The van der Waals surface area contributed by atoms with Gasteiger partial charge in [0.1, 0.15) is 25.0 Å². The lowest BCUT2D eigenvalue weighted by molar-refractivity contribution is -0.271. The SMILES string of the molecule is OC1O[C@H](CF)[C@H](F)[C@H](O)[C@H]1O. The predicted molar refractivity (Wildman–Crippen MR) is 33.8 cm³/mol. The second-order valence-electron chi connectivity index (χ2n) is 2.65. The molecule has 3 N–H and O–H groups in total. The molecule has 0 radical (unpaired) electrons. The fraction of sp³-hybridized carbons (Fsp3) is 1.00. The van der Waals surface area contributed by atoms with Crippen LogP contribution in [0.3, 0.4) is 0 Å². The first-order valence-corrected chi connectivity index (χ1v) is 3.47. The van der Waals surface area contributed by atoms with E-state index in [0.29, 0.717) is 0 Å². The van der Waals surface area contributed by atoms with E-state index in [1.54, 1.807) is 0 Å². The molecule has 0 aromatic rings. The summed E-state index contributed by atoms with van der Waals surface area (Å²) >= 11 is 0. The van der Waals surface area contributed by atoms with Crippen molar-refractivity contribution in [2.24, 2.45) is 0 Å². The van der Waals surface area contributed by atoms with Crippen molar-refractivity contribution in [2.45, 2.75) is 30.8 Å². The van der Waals surface area contributed by atoms with Gasteiger partial charge < -0.3 is 20.1 Å². The van der Waals surface area contributed by atoms with Gasteiger partial charge in [0.2, 0.25) is 0 Å². The molecule has 0 aromatic heterocycles. The van der Waals surface area contributed by atoms with Gasteiger partial charge in [-0.1, -0.05) is 0 Å². The van der Waals surface area contributed by atoms with Gasteiger partial charge in [-0.2, -0.15) is 0 Å². The number of hydrogen-bond donors (Lipinski definition) is 3. The zero-order chi connectivity index (χ0) is 9.30. The molecule has 72 valence electrons. The van der Waals surface area contributed by atoms with Crippen LogP contribution in [0, 0.1) is 0 Å². The summed E-state index contributed by atoms with van der Waals surface area (Å²) in [5, 5.41) is 26.5. The first-order chi connectivity index (χ1) is 5.57. The summed E-state index contributed by atoms with van der Waals surface area (Å²) in [5.41, 5.74) is 0. The normalized spacial score (nSPS) is 49.2. The van der Waals surface area contributed by atoms with Gasteiger partial charge in [-0.3, -0.25) is 0 Å². The molecule has 1 saturated heterocycles. The van der Waals surface area contributed by atoms with Gasteiger partial charge in [0.05, 0.1) is 0 Å². The molecule has 1 fully saturated rings. The van der Waals surface area contributed by atoms with Crippen molar-refractivity contribution in [3.05, 3.63) is 0 Å². The number of halogens is 2. The molecular weight excluding hydrogens is 174 g/mol. The summed E-state index contributed by atoms with van der Waals surface area (Å²) < 4.78 is 29.0. The van der Waals surface area contributed by atoms with E-state index in [4.69, 9.17) is 15.3 Å². The quantitative estimate of drug-likeness (QED) is 0.475. The predicted octanol–water partition coefficient (Wildman–Crippen LogP) is -1.27. The zero-order valence-corrected chi connectivity index (χ0v) is 6.10. The molecule has 0 bridgehead atoms. The Balaban J connectivity index is 2.63. The maximum absolute atomic E-state index is 12.8. The summed E-state index contributed by atoms with van der Waals surface area (Å²) in [7, 11) is 0. The van der Waals surface area contributed by atoms with Crippen LogP contribution in [0.1, 0.15) is 0 Å². The second-order valence-corrected chi connectivity index (χ2v) is 2.65. The number of hydrogen-bond acceptors (Lipinski definition) is 4. The fourth-order valence-electron chi connectivity index (χ4n) is 1.03. The molecule has 0 aromatic carbocycles. The van der Waals surface area contributed by atoms with Crippen molar-refractivity contribution in [3.63, 3.8) is 0 Å². The van der Waals surface area contributed by atoms with Gasteiger partial charge in [0.25, 0.3) is 0 Å². The molecule has 1 heterocycles. The smallest absolute Gasteiger partial charge is 0.184 e. The minimum atomic E-state index is -2.01. The van der Waals surface area contributed by atoms with Crippen LogP contribution in [-0.2, 0) is 4.74 Å². The molecule has 0 saturated carbocycles. The third-order valence-corrected chi connectivity index (χ3v) is 1.79. The number of aliphatic hydroxyl groups is 3. The zero-order valence-electron chi connectivity index (χ0n) is 6.10. The highest BCUT2D eigenvalue weighted by Crippen LogP contribution is 2.22. The topological polar surface area (TPSA) is 69.9 Å². The minimum Gasteiger partial charge on any atom is -0.387 e. The third kappa shape index (κ3) is 1.56. The van der Waals surface area contributed by atoms with Gasteiger partial charge in [0, 0.05) is 0 Å². The molecule has 0 spiro atoms. The van der Waals surface area contributed by atoms with E-state index in [-0.39, 0.29) is 0 Å². The lowest BCUT2D eigenvalue weighted by Crippen LogP contribution is -2.56. The standard InChI is InChI=1S/C6H10F2O4/c7-1-2-3(8)4(9)5(10)6(11)12-2/h2-6,9-11H,1H2/t2-,3+,4+,5-,6?/m1/s1. The Morgan fingerprint density at radius 3 is 2.25 bits per heavy atom. The molecule has 0 amide bonds. The number of alkyl halides is 2. The Morgan fingerprint density at radius 2 is 1.75 bits per heavy atom. The molecule has 0 aliphatic carbocycles. The lowest BCUT2D eigenvalue weighted by Gasteiger charge is -2.35. The maximum atomic E-state index is 12.8. The monoisotopic (exact) mass is 184 g/mol. The van der Waals surface area contributed by atoms with Crippen LogP contribution >= 0.6 is 0 Å². The summed E-state index contributed by atoms with van der Waals surface area (Å²) in [6.45, 7) is -1.15. The number of ether oxygens (including phenoxy) is 1. The Labute approximate surface area is 67.4 Å². The van der Waals surface area contributed by atoms with E-state index >= 15 is 0 Å². The number of rotatable bonds is 1. The highest BCUT2D eigenvalue weighted by molar-refractivity contribution is 4.88. The van der Waals surface area contributed by atoms with Gasteiger partial charge in [-0.05, 0) is 0 Å². The highest BCUT2D eigenvalue weighted by Gasteiger charge is 2.44. The highest BCUT2D eigenvalue weighted by atomic mass is 19.1. The summed E-state index contributed by atoms with van der Waals surface area (Å²) in [4.78, 5) is 0. The van der Waals surface area contributed by atoms with Crippen molar-refractivity contribution in [2.75, 3.05) is 6.67 Å². The van der Waals surface area contributed by atoms with E-state index in [9.17, 15) is 8.78 Å². The molecule has 1 aliphatic rings. The molecule has 4 nitrogen and oxygen atoms in total. The van der Waals surface area contributed by atoms with E-state index in [2.05, 4.69) is 4.74 Å². The van der Waals surface area contributed by atoms with Crippen molar-refractivity contribution >= 4 is 0 Å². The Bertz CT molecular complexity index is 152. The van der Waals surface area contributed by atoms with Crippen LogP contribution in [0.15, 0.2) is 0 Å². The molecule has 1 rings (SSSR count). The molecular formula is C6H10F2O4. The van der Waals surface area contributed by atoms with Crippen molar-refractivity contribution < 1.29 is 28.8 Å². The van der Waals surface area contributed by atoms with Crippen LogP contribution in [0.5, 0.6) is 0 Å². The van der Waals surface area contributed by atoms with Gasteiger partial charge in [-0.15, -0.1) is 0 Å². The largest absolute Gasteiger partial charge is 0.387 e. The fourth-order valence-corrected chi connectivity index (χ4v) is 1.03. The van der Waals surface area contributed by atoms with Crippen molar-refractivity contribution in [3.8, 4) is 0 Å². The van der Waals surface area contributed by atoms with Gasteiger partial charge in [0.15, 0.2) is 12.5 Å². The molecule has 12 heavy (non-hydrogen) atoms. The summed E-state index contributed by atoms with van der Waals surface area (Å²) in [5.74, 6) is 0. The van der Waals surface area contributed by atoms with Crippen LogP contribution in [0.2, 0.25) is 0 Å². The second kappa shape index (κ2) is 3.61. The van der Waals surface area contributed by atoms with Crippen molar-refractivity contribution in [1.82, 2.24) is 0 Å². The van der Waals surface area contributed by atoms with E-state index in [1.165, 1.54) is 0 Å². The Hall–Kier alpha value is -0.300. The Kier molecular flexibility index (Phi) is 2.94. The summed E-state index contributed by atoms with van der Waals surface area (Å²) in [6.07, 6.45) is -8.75. The average Bonchev–Trinajstić information content (AvgIpc) is 2.08. The third-order valence-electron chi connectivity index (χ3n) is 1.79. The molecule has 1 aliphatic heterocycles. The first-order valence-electron chi connectivity index (χ1n) is 3.47. The van der Waals surface area contributed by atoms with Crippen LogP contribution in [0.25, 0.3) is 0 Å². The Morgan fingerprint density at radius 1 is 1.17 bits per heavy atom. The van der Waals surface area contributed by atoms with Gasteiger partial charge in [-0.25, -0.2) is 8.78 Å². The van der Waals surface area contributed by atoms with Crippen LogP contribution in [0.4, 0.5) is 8.78 Å². The van der Waals surface area contributed by atoms with E-state index in [0.717, 1.165) is 0 Å². The van der Waals surface area contributed by atoms with Gasteiger partial charge >= 0.3 is 0 Å². The minimum absolute atomic E-state index is 1.15. The summed E-state index contributed by atoms with van der Waals surface area (Å²) in [6, 6.07) is 0. The van der Waals surface area contributed by atoms with Crippen LogP contribution < -0.4 is 0 Å². The average molecular weight is 184 g/mol. The lowest BCUT2D eigenvalue weighted by atomic mass is 10.0.